The Hall–Kier alpha value is -2.95. The summed E-state index contributed by atoms with van der Waals surface area (Å²) < 4.78 is 10.5. The van der Waals surface area contributed by atoms with E-state index in [0.29, 0.717) is 27.0 Å². The van der Waals surface area contributed by atoms with Gasteiger partial charge in [0.25, 0.3) is 11.1 Å². The molecule has 3 rings (SSSR count). The molecule has 8 heteroatoms. The van der Waals surface area contributed by atoms with Gasteiger partial charge in [-0.2, -0.15) is 5.26 Å². The second-order valence-electron chi connectivity index (χ2n) is 5.75. The number of nitrogens with zero attached hydrogens (tertiary/aromatic N) is 2. The standard InChI is InChI=1S/C20H15ClN2O4S/c1-26-17-10-14(4-7-16(17)27-9-8-22)11-18-19(24)23(20(25)28-18)12-13-2-5-15(21)6-3-13/h2-7,10-11H,9,12H2,1H3. The average molecular weight is 415 g/mol. The molecule has 0 aromatic heterocycles. The first-order chi connectivity index (χ1) is 13.5. The van der Waals surface area contributed by atoms with E-state index in [2.05, 4.69) is 0 Å². The highest BCUT2D eigenvalue weighted by Crippen LogP contribution is 2.35. The number of hydrogen-bond donors (Lipinski definition) is 0. The molecule has 0 atom stereocenters. The van der Waals surface area contributed by atoms with Gasteiger partial charge in [0.05, 0.1) is 18.6 Å². The number of thioether (sulfide) groups is 1. The van der Waals surface area contributed by atoms with Crippen molar-refractivity contribution in [2.75, 3.05) is 13.7 Å². The van der Waals surface area contributed by atoms with Crippen molar-refractivity contribution in [3.05, 3.63) is 63.5 Å². The molecule has 28 heavy (non-hydrogen) atoms. The van der Waals surface area contributed by atoms with Crippen molar-refractivity contribution < 1.29 is 19.1 Å². The lowest BCUT2D eigenvalue weighted by Gasteiger charge is -2.12. The molecule has 2 amide bonds. The Morgan fingerprint density at radius 1 is 1.18 bits per heavy atom. The molecular formula is C20H15ClN2O4S. The number of amides is 2. The van der Waals surface area contributed by atoms with Crippen LogP contribution in [-0.4, -0.2) is 29.8 Å². The number of benzene rings is 2. The molecule has 1 heterocycles. The van der Waals surface area contributed by atoms with Gasteiger partial charge in [0.2, 0.25) is 0 Å². The van der Waals surface area contributed by atoms with Gasteiger partial charge in [0, 0.05) is 5.02 Å². The molecule has 2 aromatic rings. The first kappa shape index (κ1) is 19.8. The Morgan fingerprint density at radius 2 is 1.93 bits per heavy atom. The van der Waals surface area contributed by atoms with E-state index < -0.39 is 0 Å². The van der Waals surface area contributed by atoms with Crippen LogP contribution in [0.5, 0.6) is 11.5 Å². The number of halogens is 1. The van der Waals surface area contributed by atoms with E-state index in [0.717, 1.165) is 17.3 Å². The molecule has 2 aromatic carbocycles. The van der Waals surface area contributed by atoms with Crippen LogP contribution in [0.15, 0.2) is 47.4 Å². The number of carbonyl (C=O) groups excluding carboxylic acids is 2. The van der Waals surface area contributed by atoms with Crippen LogP contribution in [0.3, 0.4) is 0 Å². The van der Waals surface area contributed by atoms with E-state index in [1.54, 1.807) is 48.5 Å². The normalized spacial score (nSPS) is 15.0. The van der Waals surface area contributed by atoms with Gasteiger partial charge < -0.3 is 9.47 Å². The number of nitriles is 1. The summed E-state index contributed by atoms with van der Waals surface area (Å²) in [5, 5.41) is 8.89. The zero-order valence-electron chi connectivity index (χ0n) is 14.8. The maximum atomic E-state index is 12.7. The van der Waals surface area contributed by atoms with Crippen LogP contribution in [0.4, 0.5) is 4.79 Å². The molecule has 6 nitrogen and oxygen atoms in total. The van der Waals surface area contributed by atoms with Gasteiger partial charge in [-0.25, -0.2) is 0 Å². The minimum absolute atomic E-state index is 0.0979. The minimum Gasteiger partial charge on any atom is -0.493 e. The molecule has 1 fully saturated rings. The van der Waals surface area contributed by atoms with Gasteiger partial charge in [-0.05, 0) is 53.2 Å². The highest BCUT2D eigenvalue weighted by atomic mass is 35.5. The van der Waals surface area contributed by atoms with Crippen LogP contribution in [0.25, 0.3) is 6.08 Å². The summed E-state index contributed by atoms with van der Waals surface area (Å²) in [7, 11) is 1.48. The van der Waals surface area contributed by atoms with Gasteiger partial charge in [-0.15, -0.1) is 0 Å². The number of ether oxygens (including phenoxy) is 2. The van der Waals surface area contributed by atoms with Crippen LogP contribution in [0.2, 0.25) is 5.02 Å². The number of hydrogen-bond acceptors (Lipinski definition) is 6. The number of carbonyl (C=O) groups is 2. The van der Waals surface area contributed by atoms with E-state index in [4.69, 9.17) is 26.3 Å². The second kappa shape index (κ2) is 8.83. The number of imide groups is 1. The topological polar surface area (TPSA) is 79.6 Å². The smallest absolute Gasteiger partial charge is 0.293 e. The average Bonchev–Trinajstić information content (AvgIpc) is 2.95. The van der Waals surface area contributed by atoms with Gasteiger partial charge >= 0.3 is 0 Å². The van der Waals surface area contributed by atoms with Crippen LogP contribution in [0.1, 0.15) is 11.1 Å². The molecular weight excluding hydrogens is 400 g/mol. The van der Waals surface area contributed by atoms with Crippen molar-refractivity contribution in [1.29, 1.82) is 5.26 Å². The van der Waals surface area contributed by atoms with Gasteiger partial charge in [-0.3, -0.25) is 14.5 Å². The van der Waals surface area contributed by atoms with Crippen LogP contribution >= 0.6 is 23.4 Å². The molecule has 0 N–H and O–H groups in total. The minimum atomic E-state index is -0.353. The summed E-state index contributed by atoms with van der Waals surface area (Å²) in [4.78, 5) is 26.5. The van der Waals surface area contributed by atoms with E-state index in [9.17, 15) is 9.59 Å². The van der Waals surface area contributed by atoms with Crippen molar-refractivity contribution in [3.63, 3.8) is 0 Å². The highest BCUT2D eigenvalue weighted by Gasteiger charge is 2.35. The summed E-state index contributed by atoms with van der Waals surface area (Å²) in [6.45, 7) is 0.0860. The van der Waals surface area contributed by atoms with Crippen LogP contribution < -0.4 is 9.47 Å². The monoisotopic (exact) mass is 414 g/mol. The molecule has 1 aliphatic heterocycles. The third-order valence-electron chi connectivity index (χ3n) is 3.91. The van der Waals surface area contributed by atoms with Gasteiger partial charge in [-0.1, -0.05) is 29.8 Å². The molecule has 142 valence electrons. The van der Waals surface area contributed by atoms with Crippen molar-refractivity contribution in [3.8, 4) is 17.6 Å². The van der Waals surface area contributed by atoms with Crippen molar-refractivity contribution in [1.82, 2.24) is 4.90 Å². The van der Waals surface area contributed by atoms with Crippen molar-refractivity contribution in [2.45, 2.75) is 6.54 Å². The fourth-order valence-corrected chi connectivity index (χ4v) is 3.53. The van der Waals surface area contributed by atoms with Crippen LogP contribution in [-0.2, 0) is 11.3 Å². The molecule has 0 spiro atoms. The van der Waals surface area contributed by atoms with Crippen LogP contribution in [0, 0.1) is 11.3 Å². The Morgan fingerprint density at radius 3 is 2.61 bits per heavy atom. The Balaban J connectivity index is 1.79. The summed E-state index contributed by atoms with van der Waals surface area (Å²) in [5.41, 5.74) is 1.49. The summed E-state index contributed by atoms with van der Waals surface area (Å²) in [6, 6.07) is 13.9. The van der Waals surface area contributed by atoms with E-state index in [1.807, 2.05) is 6.07 Å². The molecule has 0 unspecified atom stereocenters. The first-order valence-electron chi connectivity index (χ1n) is 8.19. The predicted octanol–water partition coefficient (Wildman–Crippen LogP) is 4.49. The predicted molar refractivity (Wildman–Crippen MR) is 107 cm³/mol. The summed E-state index contributed by atoms with van der Waals surface area (Å²) in [6.07, 6.45) is 1.63. The fourth-order valence-electron chi connectivity index (χ4n) is 2.56. The summed E-state index contributed by atoms with van der Waals surface area (Å²) >= 11 is 6.76. The zero-order valence-corrected chi connectivity index (χ0v) is 16.4. The highest BCUT2D eigenvalue weighted by molar-refractivity contribution is 8.18. The first-order valence-corrected chi connectivity index (χ1v) is 9.39. The third-order valence-corrected chi connectivity index (χ3v) is 5.06. The summed E-state index contributed by atoms with van der Waals surface area (Å²) in [5.74, 6) is 0.509. The molecule has 0 bridgehead atoms. The Kier molecular flexibility index (Phi) is 6.24. The van der Waals surface area contributed by atoms with Crippen molar-refractivity contribution in [2.24, 2.45) is 0 Å². The lowest BCUT2D eigenvalue weighted by molar-refractivity contribution is -0.123. The molecule has 1 aliphatic rings. The zero-order chi connectivity index (χ0) is 20.1. The molecule has 1 saturated heterocycles. The number of methoxy groups -OCH3 is 1. The Bertz CT molecular complexity index is 983. The lowest BCUT2D eigenvalue weighted by atomic mass is 10.1. The van der Waals surface area contributed by atoms with Crippen molar-refractivity contribution >= 4 is 40.6 Å². The third kappa shape index (κ3) is 4.47. The van der Waals surface area contributed by atoms with E-state index in [1.165, 1.54) is 12.0 Å². The van der Waals surface area contributed by atoms with Gasteiger partial charge in [0.1, 0.15) is 6.07 Å². The second-order valence-corrected chi connectivity index (χ2v) is 7.18. The lowest BCUT2D eigenvalue weighted by Crippen LogP contribution is -2.27. The van der Waals surface area contributed by atoms with Gasteiger partial charge in [0.15, 0.2) is 18.1 Å². The molecule has 0 aliphatic carbocycles. The SMILES string of the molecule is COc1cc(C=C2SC(=O)N(Cc3ccc(Cl)cc3)C2=O)ccc1OCC#N. The fraction of sp³-hybridized carbons (Fsp3) is 0.150. The Labute approximate surface area is 171 Å². The maximum Gasteiger partial charge on any atom is 0.293 e. The van der Waals surface area contributed by atoms with E-state index in [-0.39, 0.29) is 24.3 Å². The number of rotatable bonds is 6. The maximum absolute atomic E-state index is 12.7. The molecule has 0 saturated carbocycles. The largest absolute Gasteiger partial charge is 0.493 e. The van der Waals surface area contributed by atoms with E-state index >= 15 is 0 Å². The molecule has 0 radical (unpaired) electrons. The quantitative estimate of drug-likeness (QED) is 0.648.